The van der Waals surface area contributed by atoms with Gasteiger partial charge in [0.2, 0.25) is 5.91 Å². The van der Waals surface area contributed by atoms with Crippen LogP contribution in [0, 0.1) is 10.1 Å². The lowest BCUT2D eigenvalue weighted by Crippen LogP contribution is -2.16. The minimum absolute atomic E-state index is 0.00967. The van der Waals surface area contributed by atoms with Gasteiger partial charge in [0.15, 0.2) is 8.87 Å². The summed E-state index contributed by atoms with van der Waals surface area (Å²) in [6.45, 7) is 1.44. The predicted octanol–water partition coefficient (Wildman–Crippen LogP) is 2.56. The second-order valence-corrected chi connectivity index (χ2v) is 11.2. The molecule has 1 amide bonds. The van der Waals surface area contributed by atoms with Gasteiger partial charge in [0.05, 0.1) is 6.61 Å². The van der Waals surface area contributed by atoms with Gasteiger partial charge in [0.25, 0.3) is 5.09 Å². The van der Waals surface area contributed by atoms with E-state index >= 15 is 0 Å². The summed E-state index contributed by atoms with van der Waals surface area (Å²) >= 11 is 0. The smallest absolute Gasteiger partial charge is 0.341 e. The summed E-state index contributed by atoms with van der Waals surface area (Å²) in [6, 6.07) is 4.03. The van der Waals surface area contributed by atoms with Gasteiger partial charge in [-0.05, 0) is 35.8 Å². The lowest BCUT2D eigenvalue weighted by molar-refractivity contribution is -0.757. The SMILES string of the molecule is CCCCC(=O)Nc1ccc(C(=O)OCCSS(C)(=O)=O)c(OC(=O)CCCO[N+](=O)[O-])c1. The first-order valence-electron chi connectivity index (χ1n) is 9.95. The van der Waals surface area contributed by atoms with Crippen molar-refractivity contribution in [2.24, 2.45) is 0 Å². The van der Waals surface area contributed by atoms with E-state index in [2.05, 4.69) is 10.2 Å². The fraction of sp³-hybridized carbons (Fsp3) is 0.526. The zero-order valence-corrected chi connectivity index (χ0v) is 19.9. The Balaban J connectivity index is 2.89. The van der Waals surface area contributed by atoms with E-state index in [1.165, 1.54) is 18.2 Å². The first-order valence-corrected chi connectivity index (χ1v) is 13.3. The van der Waals surface area contributed by atoms with Crippen molar-refractivity contribution in [3.8, 4) is 5.75 Å². The maximum atomic E-state index is 12.4. The monoisotopic (exact) mass is 506 g/mol. The first-order chi connectivity index (χ1) is 15.5. The average molecular weight is 507 g/mol. The number of benzene rings is 1. The molecule has 1 N–H and O–H groups in total. The zero-order chi connectivity index (χ0) is 24.9. The highest BCUT2D eigenvalue weighted by molar-refractivity contribution is 8.71. The molecule has 0 heterocycles. The number of hydrogen-bond donors (Lipinski definition) is 1. The minimum atomic E-state index is -3.29. The summed E-state index contributed by atoms with van der Waals surface area (Å²) in [5.74, 6) is -2.05. The molecule has 0 aliphatic rings. The Hall–Kier alpha value is -2.87. The molecule has 0 aliphatic heterocycles. The van der Waals surface area contributed by atoms with E-state index in [0.29, 0.717) is 29.3 Å². The lowest BCUT2D eigenvalue weighted by atomic mass is 10.1. The average Bonchev–Trinajstić information content (AvgIpc) is 2.72. The van der Waals surface area contributed by atoms with Crippen LogP contribution in [0.2, 0.25) is 0 Å². The van der Waals surface area contributed by atoms with E-state index in [1.54, 1.807) is 0 Å². The molecule has 0 aliphatic carbocycles. The van der Waals surface area contributed by atoms with Crippen molar-refractivity contribution < 1.29 is 42.2 Å². The maximum absolute atomic E-state index is 12.4. The van der Waals surface area contributed by atoms with E-state index in [1.807, 2.05) is 6.92 Å². The zero-order valence-electron chi connectivity index (χ0n) is 18.2. The number of esters is 2. The number of unbranched alkanes of at least 4 members (excludes halogenated alkanes) is 1. The van der Waals surface area contributed by atoms with E-state index in [0.717, 1.165) is 12.7 Å². The Labute approximate surface area is 194 Å². The molecular formula is C19H26N2O10S2. The van der Waals surface area contributed by atoms with Crippen molar-refractivity contribution in [3.05, 3.63) is 33.9 Å². The Morgan fingerprint density at radius 2 is 1.88 bits per heavy atom. The van der Waals surface area contributed by atoms with Crippen molar-refractivity contribution in [3.63, 3.8) is 0 Å². The molecule has 0 fully saturated rings. The molecule has 12 nitrogen and oxygen atoms in total. The molecule has 184 valence electrons. The normalized spacial score (nSPS) is 10.8. The lowest BCUT2D eigenvalue weighted by Gasteiger charge is -2.13. The Morgan fingerprint density at radius 3 is 2.52 bits per heavy atom. The Morgan fingerprint density at radius 1 is 1.15 bits per heavy atom. The Kier molecular flexibility index (Phi) is 12.2. The fourth-order valence-corrected chi connectivity index (χ4v) is 3.91. The van der Waals surface area contributed by atoms with Crippen LogP contribution < -0.4 is 10.1 Å². The van der Waals surface area contributed by atoms with Crippen molar-refractivity contribution in [2.45, 2.75) is 39.0 Å². The van der Waals surface area contributed by atoms with Crippen LogP contribution in [-0.2, 0) is 28.0 Å². The van der Waals surface area contributed by atoms with Crippen LogP contribution in [0.15, 0.2) is 18.2 Å². The van der Waals surface area contributed by atoms with Crippen LogP contribution in [0.1, 0.15) is 49.4 Å². The highest BCUT2D eigenvalue weighted by atomic mass is 33.1. The van der Waals surface area contributed by atoms with Crippen molar-refractivity contribution in [1.82, 2.24) is 0 Å². The number of ether oxygens (including phenoxy) is 2. The summed E-state index contributed by atoms with van der Waals surface area (Å²) < 4.78 is 32.6. The van der Waals surface area contributed by atoms with E-state index in [-0.39, 0.29) is 49.0 Å². The third-order valence-corrected chi connectivity index (χ3v) is 6.35. The summed E-state index contributed by atoms with van der Waals surface area (Å²) in [4.78, 5) is 50.8. The molecule has 1 aromatic rings. The van der Waals surface area contributed by atoms with Gasteiger partial charge in [-0.3, -0.25) is 9.59 Å². The van der Waals surface area contributed by atoms with Crippen LogP contribution in [0.5, 0.6) is 5.75 Å². The molecule has 0 spiro atoms. The molecule has 0 radical (unpaired) electrons. The van der Waals surface area contributed by atoms with E-state index in [9.17, 15) is 32.9 Å². The van der Waals surface area contributed by atoms with Gasteiger partial charge in [0.1, 0.15) is 17.9 Å². The van der Waals surface area contributed by atoms with Crippen LogP contribution in [0.4, 0.5) is 5.69 Å². The molecule has 1 rings (SSSR count). The highest BCUT2D eigenvalue weighted by Crippen LogP contribution is 2.25. The minimum Gasteiger partial charge on any atom is -0.461 e. The van der Waals surface area contributed by atoms with E-state index in [4.69, 9.17) is 9.47 Å². The van der Waals surface area contributed by atoms with Gasteiger partial charge in [-0.2, -0.15) is 0 Å². The number of hydrogen-bond acceptors (Lipinski definition) is 11. The van der Waals surface area contributed by atoms with Gasteiger partial charge < -0.3 is 19.6 Å². The molecule has 1 aromatic carbocycles. The van der Waals surface area contributed by atoms with Crippen LogP contribution in [0.3, 0.4) is 0 Å². The molecule has 0 saturated carbocycles. The number of amides is 1. The van der Waals surface area contributed by atoms with Crippen molar-refractivity contribution >= 4 is 43.2 Å². The van der Waals surface area contributed by atoms with Gasteiger partial charge in [-0.1, -0.05) is 13.3 Å². The second-order valence-electron chi connectivity index (χ2n) is 6.66. The molecule has 0 bridgehead atoms. The van der Waals surface area contributed by atoms with Gasteiger partial charge >= 0.3 is 11.9 Å². The van der Waals surface area contributed by atoms with Gasteiger partial charge in [0, 0.05) is 36.6 Å². The highest BCUT2D eigenvalue weighted by Gasteiger charge is 2.19. The summed E-state index contributed by atoms with van der Waals surface area (Å²) in [5.41, 5.74) is 0.181. The second kappa shape index (κ2) is 14.3. The first kappa shape index (κ1) is 28.2. The third-order valence-electron chi connectivity index (χ3n) is 3.80. The fourth-order valence-electron chi connectivity index (χ4n) is 2.34. The summed E-state index contributed by atoms with van der Waals surface area (Å²) in [6.07, 6.45) is 2.63. The standard InChI is InChI=1S/C19H26N2O10S2/c1-3-4-6-17(22)20-14-8-9-15(19(24)29-11-12-32-33(2,27)28)16(13-14)31-18(23)7-5-10-30-21(25)26/h8-9,13H,3-7,10-12H2,1-2H3,(H,20,22). The summed E-state index contributed by atoms with van der Waals surface area (Å²) in [7, 11) is -2.67. The van der Waals surface area contributed by atoms with Gasteiger partial charge in [-0.25, -0.2) is 13.2 Å². The van der Waals surface area contributed by atoms with E-state index < -0.39 is 25.9 Å². The number of anilines is 1. The maximum Gasteiger partial charge on any atom is 0.341 e. The van der Waals surface area contributed by atoms with Crippen LogP contribution in [0.25, 0.3) is 0 Å². The number of nitrogens with one attached hydrogen (secondary N) is 1. The number of rotatable bonds is 15. The Bertz CT molecular complexity index is 950. The van der Waals surface area contributed by atoms with Crippen molar-refractivity contribution in [1.29, 1.82) is 0 Å². The number of carbonyl (C=O) groups excluding carboxylic acids is 3. The molecule has 33 heavy (non-hydrogen) atoms. The molecule has 0 saturated heterocycles. The molecule has 0 unspecified atom stereocenters. The van der Waals surface area contributed by atoms with Crippen LogP contribution >= 0.6 is 10.8 Å². The molecule has 0 aromatic heterocycles. The predicted molar refractivity (Wildman–Crippen MR) is 120 cm³/mol. The molecule has 14 heteroatoms. The largest absolute Gasteiger partial charge is 0.461 e. The van der Waals surface area contributed by atoms with Gasteiger partial charge in [-0.15, -0.1) is 10.1 Å². The van der Waals surface area contributed by atoms with Crippen molar-refractivity contribution in [2.75, 3.05) is 30.5 Å². The molecule has 0 atom stereocenters. The quantitative estimate of drug-likeness (QED) is 0.0926. The van der Waals surface area contributed by atoms with Crippen LogP contribution in [-0.4, -0.2) is 56.6 Å². The number of carbonyl (C=O) groups is 3. The number of nitrogens with zero attached hydrogens (tertiary/aromatic N) is 1. The topological polar surface area (TPSA) is 168 Å². The molecular weight excluding hydrogens is 480 g/mol. The summed E-state index contributed by atoms with van der Waals surface area (Å²) in [5, 5.41) is 11.8. The third kappa shape index (κ3) is 12.7.